The number of nitrogens with one attached hydrogen (secondary N) is 1. The molecule has 6 heteroatoms. The molecule has 0 spiro atoms. The van der Waals surface area contributed by atoms with Crippen LogP contribution in [0.5, 0.6) is 0 Å². The smallest absolute Gasteiger partial charge is 0.335 e. The molecule has 6 nitrogen and oxygen atoms in total. The fourth-order valence-electron chi connectivity index (χ4n) is 1.57. The van der Waals surface area contributed by atoms with Crippen LogP contribution in [0.4, 0.5) is 0 Å². The molecule has 1 amide bonds. The number of hydrogen-bond acceptors (Lipinski definition) is 4. The first-order valence-corrected chi connectivity index (χ1v) is 5.79. The van der Waals surface area contributed by atoms with Gasteiger partial charge in [-0.2, -0.15) is 5.10 Å². The van der Waals surface area contributed by atoms with E-state index in [-0.39, 0.29) is 11.5 Å². The molecule has 1 aromatic carbocycles. The van der Waals surface area contributed by atoms with Crippen molar-refractivity contribution < 1.29 is 19.1 Å². The molecule has 2 aromatic rings. The summed E-state index contributed by atoms with van der Waals surface area (Å²) in [5.41, 5.74) is 3.10. The van der Waals surface area contributed by atoms with E-state index in [2.05, 4.69) is 10.5 Å². The Morgan fingerprint density at radius 3 is 2.80 bits per heavy atom. The van der Waals surface area contributed by atoms with Gasteiger partial charge in [0.2, 0.25) is 5.91 Å². The molecular formula is C14H12N2O4. The Balaban J connectivity index is 2.20. The van der Waals surface area contributed by atoms with Crippen molar-refractivity contribution in [1.82, 2.24) is 5.43 Å². The van der Waals surface area contributed by atoms with Crippen LogP contribution in [-0.2, 0) is 4.79 Å². The average molecular weight is 272 g/mol. The molecule has 0 saturated heterocycles. The summed E-state index contributed by atoms with van der Waals surface area (Å²) in [5.74, 6) is -0.292. The number of carbonyl (C=O) groups excluding carboxylic acids is 1. The van der Waals surface area contributed by atoms with Crippen LogP contribution in [0.25, 0.3) is 11.3 Å². The lowest BCUT2D eigenvalue weighted by atomic mass is 10.1. The third kappa shape index (κ3) is 3.32. The van der Waals surface area contributed by atoms with Crippen LogP contribution in [0.3, 0.4) is 0 Å². The molecule has 1 aromatic heterocycles. The summed E-state index contributed by atoms with van der Waals surface area (Å²) in [5, 5.41) is 12.6. The monoisotopic (exact) mass is 272 g/mol. The summed E-state index contributed by atoms with van der Waals surface area (Å²) in [6.07, 6.45) is 1.37. The number of hydrazone groups is 1. The first-order valence-electron chi connectivity index (χ1n) is 5.79. The molecule has 2 N–H and O–H groups in total. The highest BCUT2D eigenvalue weighted by molar-refractivity contribution is 5.89. The van der Waals surface area contributed by atoms with Crippen molar-refractivity contribution in [3.63, 3.8) is 0 Å². The summed E-state index contributed by atoms with van der Waals surface area (Å²) >= 11 is 0. The summed E-state index contributed by atoms with van der Waals surface area (Å²) in [6, 6.07) is 9.81. The van der Waals surface area contributed by atoms with Crippen LogP contribution in [0.2, 0.25) is 0 Å². The molecule has 102 valence electrons. The SMILES string of the molecule is CC(=O)N/N=C/c1ccc(-c2cccc(C(=O)O)c2)o1. The Hall–Kier alpha value is -2.89. The summed E-state index contributed by atoms with van der Waals surface area (Å²) in [7, 11) is 0. The molecule has 0 atom stereocenters. The Morgan fingerprint density at radius 1 is 1.30 bits per heavy atom. The van der Waals surface area contributed by atoms with Crippen molar-refractivity contribution in [1.29, 1.82) is 0 Å². The number of nitrogens with zero attached hydrogens (tertiary/aromatic N) is 1. The zero-order chi connectivity index (χ0) is 14.5. The number of furan rings is 1. The van der Waals surface area contributed by atoms with E-state index in [4.69, 9.17) is 9.52 Å². The van der Waals surface area contributed by atoms with Crippen molar-refractivity contribution >= 4 is 18.1 Å². The van der Waals surface area contributed by atoms with Crippen molar-refractivity contribution in [2.24, 2.45) is 5.10 Å². The largest absolute Gasteiger partial charge is 0.478 e. The second kappa shape index (κ2) is 5.83. The van der Waals surface area contributed by atoms with Crippen molar-refractivity contribution in [3.8, 4) is 11.3 Å². The van der Waals surface area contributed by atoms with Crippen molar-refractivity contribution in [3.05, 3.63) is 47.7 Å². The molecule has 2 rings (SSSR count). The minimum absolute atomic E-state index is 0.187. The topological polar surface area (TPSA) is 91.9 Å². The van der Waals surface area contributed by atoms with Gasteiger partial charge in [-0.1, -0.05) is 12.1 Å². The highest BCUT2D eigenvalue weighted by Crippen LogP contribution is 2.22. The van der Waals surface area contributed by atoms with E-state index in [1.54, 1.807) is 24.3 Å². The molecule has 1 heterocycles. The molecule has 20 heavy (non-hydrogen) atoms. The molecular weight excluding hydrogens is 260 g/mol. The standard InChI is InChI=1S/C14H12N2O4/c1-9(17)16-15-8-12-5-6-13(20-12)10-3-2-4-11(7-10)14(18)19/h2-8H,1H3,(H,16,17)(H,18,19)/b15-8+. The van der Waals surface area contributed by atoms with E-state index in [0.29, 0.717) is 17.1 Å². The quantitative estimate of drug-likeness (QED) is 0.658. The number of carboxylic acids is 1. The van der Waals surface area contributed by atoms with Crippen LogP contribution < -0.4 is 5.43 Å². The molecule has 0 fully saturated rings. The van der Waals surface area contributed by atoms with Gasteiger partial charge in [-0.05, 0) is 24.3 Å². The predicted octanol–water partition coefficient (Wildman–Crippen LogP) is 2.11. The Morgan fingerprint density at radius 2 is 2.10 bits per heavy atom. The average Bonchev–Trinajstić information content (AvgIpc) is 2.87. The number of carboxylic acid groups (broad SMARTS) is 1. The molecule has 0 radical (unpaired) electrons. The van der Waals surface area contributed by atoms with Crippen molar-refractivity contribution in [2.45, 2.75) is 6.92 Å². The molecule has 0 bridgehead atoms. The van der Waals surface area contributed by atoms with Gasteiger partial charge in [-0.25, -0.2) is 10.2 Å². The van der Waals surface area contributed by atoms with Gasteiger partial charge in [0.15, 0.2) is 0 Å². The molecule has 0 aliphatic rings. The van der Waals surface area contributed by atoms with E-state index in [1.165, 1.54) is 25.3 Å². The van der Waals surface area contributed by atoms with Crippen LogP contribution in [0.15, 0.2) is 45.9 Å². The van der Waals surface area contributed by atoms with Gasteiger partial charge in [0.25, 0.3) is 0 Å². The number of amides is 1. The zero-order valence-corrected chi connectivity index (χ0v) is 10.7. The number of benzene rings is 1. The lowest BCUT2D eigenvalue weighted by molar-refractivity contribution is -0.118. The lowest BCUT2D eigenvalue weighted by Gasteiger charge is -1.98. The van der Waals surface area contributed by atoms with E-state index in [1.807, 2.05) is 0 Å². The van der Waals surface area contributed by atoms with E-state index >= 15 is 0 Å². The summed E-state index contributed by atoms with van der Waals surface area (Å²) in [4.78, 5) is 21.6. The third-order valence-electron chi connectivity index (χ3n) is 2.43. The summed E-state index contributed by atoms with van der Waals surface area (Å²) < 4.78 is 5.49. The fourth-order valence-corrected chi connectivity index (χ4v) is 1.57. The third-order valence-corrected chi connectivity index (χ3v) is 2.43. The maximum absolute atomic E-state index is 10.9. The maximum Gasteiger partial charge on any atom is 0.335 e. The van der Waals surface area contributed by atoms with Crippen LogP contribution >= 0.6 is 0 Å². The van der Waals surface area contributed by atoms with E-state index < -0.39 is 5.97 Å². The van der Waals surface area contributed by atoms with Crippen molar-refractivity contribution in [2.75, 3.05) is 0 Å². The molecule has 0 aliphatic heterocycles. The second-order valence-corrected chi connectivity index (χ2v) is 4.01. The lowest BCUT2D eigenvalue weighted by Crippen LogP contribution is -2.12. The second-order valence-electron chi connectivity index (χ2n) is 4.01. The maximum atomic E-state index is 10.9. The Labute approximate surface area is 114 Å². The normalized spacial score (nSPS) is 10.7. The predicted molar refractivity (Wildman–Crippen MR) is 72.5 cm³/mol. The van der Waals surface area contributed by atoms with Gasteiger partial charge in [-0.15, -0.1) is 0 Å². The Bertz CT molecular complexity index is 673. The Kier molecular flexibility index (Phi) is 3.95. The van der Waals surface area contributed by atoms with Gasteiger partial charge in [-0.3, -0.25) is 4.79 Å². The number of aromatic carboxylic acids is 1. The minimum Gasteiger partial charge on any atom is -0.478 e. The fraction of sp³-hybridized carbons (Fsp3) is 0.0714. The van der Waals surface area contributed by atoms with Gasteiger partial charge in [0, 0.05) is 12.5 Å². The first kappa shape index (κ1) is 13.5. The van der Waals surface area contributed by atoms with Gasteiger partial charge in [0.1, 0.15) is 11.5 Å². The summed E-state index contributed by atoms with van der Waals surface area (Å²) in [6.45, 7) is 1.35. The van der Waals surface area contributed by atoms with Gasteiger partial charge >= 0.3 is 5.97 Å². The van der Waals surface area contributed by atoms with Crippen LogP contribution in [0, 0.1) is 0 Å². The number of carbonyl (C=O) groups is 2. The van der Waals surface area contributed by atoms with E-state index in [0.717, 1.165) is 0 Å². The van der Waals surface area contributed by atoms with Crippen LogP contribution in [0.1, 0.15) is 23.0 Å². The number of rotatable bonds is 4. The van der Waals surface area contributed by atoms with Gasteiger partial charge < -0.3 is 9.52 Å². The molecule has 0 aliphatic carbocycles. The highest BCUT2D eigenvalue weighted by Gasteiger charge is 2.07. The minimum atomic E-state index is -0.995. The zero-order valence-electron chi connectivity index (χ0n) is 10.7. The highest BCUT2D eigenvalue weighted by atomic mass is 16.4. The number of hydrogen-bond donors (Lipinski definition) is 2. The van der Waals surface area contributed by atoms with Gasteiger partial charge in [0.05, 0.1) is 11.8 Å². The van der Waals surface area contributed by atoms with Crippen LogP contribution in [-0.4, -0.2) is 23.2 Å². The molecule has 0 saturated carbocycles. The van der Waals surface area contributed by atoms with E-state index in [9.17, 15) is 9.59 Å². The first-order chi connectivity index (χ1) is 9.56. The molecule has 0 unspecified atom stereocenters.